The third-order valence-corrected chi connectivity index (χ3v) is 6.53. The SMILES string of the molecule is C[C@H](C(=O)N(C)[C@@H]1CCS(=O)(=O)C1)N1CCn2ccnc2C1. The van der Waals surface area contributed by atoms with Gasteiger partial charge in [-0.1, -0.05) is 0 Å². The number of hydrogen-bond donors (Lipinski definition) is 0. The number of hydrogen-bond acceptors (Lipinski definition) is 5. The maximum absolute atomic E-state index is 12.7. The fourth-order valence-corrected chi connectivity index (χ4v) is 5.01. The summed E-state index contributed by atoms with van der Waals surface area (Å²) in [6.45, 7) is 4.17. The number of amides is 1. The summed E-state index contributed by atoms with van der Waals surface area (Å²) >= 11 is 0. The Morgan fingerprint density at radius 3 is 2.91 bits per heavy atom. The van der Waals surface area contributed by atoms with Crippen LogP contribution in [0.25, 0.3) is 0 Å². The number of nitrogens with zero attached hydrogens (tertiary/aromatic N) is 4. The molecular weight excluding hydrogens is 304 g/mol. The van der Waals surface area contributed by atoms with Crippen molar-refractivity contribution in [1.82, 2.24) is 19.4 Å². The van der Waals surface area contributed by atoms with Gasteiger partial charge in [-0.25, -0.2) is 13.4 Å². The molecule has 7 nitrogen and oxygen atoms in total. The van der Waals surface area contributed by atoms with Crippen LogP contribution in [0.1, 0.15) is 19.2 Å². The molecular formula is C14H22N4O3S. The van der Waals surface area contributed by atoms with Crippen molar-refractivity contribution in [3.8, 4) is 0 Å². The van der Waals surface area contributed by atoms with Gasteiger partial charge in [0.1, 0.15) is 5.82 Å². The van der Waals surface area contributed by atoms with Crippen molar-refractivity contribution in [2.75, 3.05) is 25.1 Å². The molecule has 3 rings (SSSR count). The predicted molar refractivity (Wildman–Crippen MR) is 81.9 cm³/mol. The average molecular weight is 326 g/mol. The molecule has 2 aliphatic heterocycles. The van der Waals surface area contributed by atoms with E-state index in [4.69, 9.17) is 0 Å². The Hall–Kier alpha value is -1.41. The van der Waals surface area contributed by atoms with Crippen molar-refractivity contribution in [3.63, 3.8) is 0 Å². The maximum Gasteiger partial charge on any atom is 0.239 e. The van der Waals surface area contributed by atoms with Gasteiger partial charge in [-0.05, 0) is 13.3 Å². The lowest BCUT2D eigenvalue weighted by atomic mass is 10.1. The van der Waals surface area contributed by atoms with Crippen LogP contribution in [0, 0.1) is 0 Å². The van der Waals surface area contributed by atoms with Gasteiger partial charge >= 0.3 is 0 Å². The van der Waals surface area contributed by atoms with Crippen molar-refractivity contribution in [1.29, 1.82) is 0 Å². The van der Waals surface area contributed by atoms with Gasteiger partial charge < -0.3 is 9.47 Å². The quantitative estimate of drug-likeness (QED) is 0.764. The molecule has 0 unspecified atom stereocenters. The van der Waals surface area contributed by atoms with Crippen LogP contribution in [0.3, 0.4) is 0 Å². The highest BCUT2D eigenvalue weighted by Crippen LogP contribution is 2.20. The van der Waals surface area contributed by atoms with Crippen LogP contribution < -0.4 is 0 Å². The molecule has 0 aromatic carbocycles. The van der Waals surface area contributed by atoms with E-state index < -0.39 is 9.84 Å². The topological polar surface area (TPSA) is 75.5 Å². The van der Waals surface area contributed by atoms with Gasteiger partial charge in [0.05, 0.1) is 24.1 Å². The summed E-state index contributed by atoms with van der Waals surface area (Å²) in [6.07, 6.45) is 4.28. The van der Waals surface area contributed by atoms with Crippen molar-refractivity contribution in [2.45, 2.75) is 38.5 Å². The number of likely N-dealkylation sites (N-methyl/N-ethyl adjacent to an activating group) is 1. The molecule has 122 valence electrons. The van der Waals surface area contributed by atoms with E-state index in [0.29, 0.717) is 13.0 Å². The summed E-state index contributed by atoms with van der Waals surface area (Å²) in [5, 5.41) is 0. The highest BCUT2D eigenvalue weighted by atomic mass is 32.2. The van der Waals surface area contributed by atoms with Gasteiger partial charge in [0, 0.05) is 38.6 Å². The molecule has 0 spiro atoms. The number of carbonyl (C=O) groups is 1. The normalized spacial score (nSPS) is 25.6. The number of rotatable bonds is 3. The Balaban J connectivity index is 1.65. The Morgan fingerprint density at radius 1 is 1.45 bits per heavy atom. The van der Waals surface area contributed by atoms with E-state index in [9.17, 15) is 13.2 Å². The number of carbonyl (C=O) groups excluding carboxylic acids is 1. The molecule has 3 heterocycles. The van der Waals surface area contributed by atoms with Crippen molar-refractivity contribution in [3.05, 3.63) is 18.2 Å². The fourth-order valence-electron chi connectivity index (χ4n) is 3.23. The van der Waals surface area contributed by atoms with Crippen molar-refractivity contribution >= 4 is 15.7 Å². The molecule has 0 bridgehead atoms. The molecule has 2 aliphatic rings. The van der Waals surface area contributed by atoms with E-state index in [-0.39, 0.29) is 29.5 Å². The van der Waals surface area contributed by atoms with Crippen LogP contribution in [-0.2, 0) is 27.7 Å². The second-order valence-corrected chi connectivity index (χ2v) is 8.42. The Bertz CT molecular complexity index is 669. The molecule has 1 aromatic rings. The van der Waals surface area contributed by atoms with E-state index in [0.717, 1.165) is 18.9 Å². The molecule has 22 heavy (non-hydrogen) atoms. The Kier molecular flexibility index (Phi) is 3.98. The van der Waals surface area contributed by atoms with E-state index in [1.807, 2.05) is 13.1 Å². The molecule has 1 aromatic heterocycles. The van der Waals surface area contributed by atoms with Gasteiger partial charge in [0.15, 0.2) is 9.84 Å². The predicted octanol–water partition coefficient (Wildman–Crippen LogP) is -0.267. The number of fused-ring (bicyclic) bond motifs is 1. The number of aromatic nitrogens is 2. The lowest BCUT2D eigenvalue weighted by Gasteiger charge is -2.35. The number of imidazole rings is 1. The zero-order chi connectivity index (χ0) is 15.9. The fraction of sp³-hybridized carbons (Fsp3) is 0.714. The summed E-state index contributed by atoms with van der Waals surface area (Å²) in [5.41, 5.74) is 0. The molecule has 8 heteroatoms. The largest absolute Gasteiger partial charge is 0.340 e. The average Bonchev–Trinajstić information content (AvgIpc) is 3.09. The zero-order valence-corrected chi connectivity index (χ0v) is 13.8. The summed E-state index contributed by atoms with van der Waals surface area (Å²) < 4.78 is 25.3. The maximum atomic E-state index is 12.7. The lowest BCUT2D eigenvalue weighted by Crippen LogP contribution is -2.51. The first-order valence-corrected chi connectivity index (χ1v) is 9.41. The smallest absolute Gasteiger partial charge is 0.239 e. The van der Waals surface area contributed by atoms with Gasteiger partial charge in [-0.2, -0.15) is 0 Å². The molecule has 0 saturated carbocycles. The minimum absolute atomic E-state index is 0.0119. The van der Waals surface area contributed by atoms with Crippen molar-refractivity contribution in [2.24, 2.45) is 0 Å². The van der Waals surface area contributed by atoms with Gasteiger partial charge in [0.25, 0.3) is 0 Å². The van der Waals surface area contributed by atoms with E-state index in [1.54, 1.807) is 18.1 Å². The molecule has 2 atom stereocenters. The molecule has 0 N–H and O–H groups in total. The monoisotopic (exact) mass is 326 g/mol. The second kappa shape index (κ2) is 5.66. The first-order valence-electron chi connectivity index (χ1n) is 7.58. The van der Waals surface area contributed by atoms with Gasteiger partial charge in [-0.3, -0.25) is 9.69 Å². The summed E-state index contributed by atoms with van der Waals surface area (Å²) in [4.78, 5) is 20.7. The minimum atomic E-state index is -2.98. The summed E-state index contributed by atoms with van der Waals surface area (Å²) in [6, 6.07) is -0.453. The second-order valence-electron chi connectivity index (χ2n) is 6.19. The Labute approximate surface area is 130 Å². The van der Waals surface area contributed by atoms with Crippen LogP contribution >= 0.6 is 0 Å². The van der Waals surface area contributed by atoms with Crippen LogP contribution in [0.15, 0.2) is 12.4 Å². The molecule has 1 saturated heterocycles. The first-order chi connectivity index (χ1) is 10.4. The van der Waals surface area contributed by atoms with Gasteiger partial charge in [-0.15, -0.1) is 0 Å². The zero-order valence-electron chi connectivity index (χ0n) is 13.0. The third kappa shape index (κ3) is 2.89. The first kappa shape index (κ1) is 15.5. The molecule has 0 radical (unpaired) electrons. The minimum Gasteiger partial charge on any atom is -0.340 e. The molecule has 0 aliphatic carbocycles. The molecule has 1 fully saturated rings. The van der Waals surface area contributed by atoms with E-state index in [1.165, 1.54) is 0 Å². The summed E-state index contributed by atoms with van der Waals surface area (Å²) in [5.74, 6) is 1.23. The standard InChI is InChI=1S/C14H22N4O3S/c1-11(18-7-6-17-5-4-15-13(17)9-18)14(19)16(2)12-3-8-22(20,21)10-12/h4-5,11-12H,3,6-10H2,1-2H3/t11-,12-/m1/s1. The highest BCUT2D eigenvalue weighted by Gasteiger charge is 2.36. The van der Waals surface area contributed by atoms with Gasteiger partial charge in [0.2, 0.25) is 5.91 Å². The molecule has 1 amide bonds. The van der Waals surface area contributed by atoms with Crippen LogP contribution in [0.5, 0.6) is 0 Å². The Morgan fingerprint density at radius 2 is 2.23 bits per heavy atom. The van der Waals surface area contributed by atoms with Crippen LogP contribution in [0.4, 0.5) is 0 Å². The van der Waals surface area contributed by atoms with Crippen molar-refractivity contribution < 1.29 is 13.2 Å². The van der Waals surface area contributed by atoms with E-state index in [2.05, 4.69) is 14.5 Å². The lowest BCUT2D eigenvalue weighted by molar-refractivity contribution is -0.137. The third-order valence-electron chi connectivity index (χ3n) is 4.78. The number of sulfone groups is 1. The van der Waals surface area contributed by atoms with Crippen LogP contribution in [0.2, 0.25) is 0 Å². The van der Waals surface area contributed by atoms with Crippen LogP contribution in [-0.4, -0.2) is 70.9 Å². The van der Waals surface area contributed by atoms with E-state index >= 15 is 0 Å². The highest BCUT2D eigenvalue weighted by molar-refractivity contribution is 7.91. The summed E-state index contributed by atoms with van der Waals surface area (Å²) in [7, 11) is -1.26.